The number of benzene rings is 2. The van der Waals surface area contributed by atoms with E-state index in [4.69, 9.17) is 11.6 Å². The van der Waals surface area contributed by atoms with Crippen LogP contribution < -0.4 is 0 Å². The Labute approximate surface area is 88.4 Å². The van der Waals surface area contributed by atoms with Crippen LogP contribution in [-0.2, 0) is 0 Å². The zero-order chi connectivity index (χ0) is 9.42. The van der Waals surface area contributed by atoms with Gasteiger partial charge >= 0.3 is 0 Å². The molecule has 0 fully saturated rings. The van der Waals surface area contributed by atoms with E-state index in [9.17, 15) is 4.39 Å². The summed E-state index contributed by atoms with van der Waals surface area (Å²) in [4.78, 5) is 0. The van der Waals surface area contributed by atoms with Gasteiger partial charge in [0.15, 0.2) is 0 Å². The number of hydrogen-bond acceptors (Lipinski definition) is 0. The minimum atomic E-state index is -0.262. The molecule has 2 aromatic carbocycles. The fourth-order valence-electron chi connectivity index (χ4n) is 1.30. The molecule has 2 aromatic rings. The molecule has 3 heteroatoms. The minimum absolute atomic E-state index is 0.262. The van der Waals surface area contributed by atoms with Crippen molar-refractivity contribution in [2.45, 2.75) is 0 Å². The fraction of sp³-hybridized carbons (Fsp3) is 0. The number of rotatable bonds is 0. The average molecular weight is 260 g/mol. The Morgan fingerprint density at radius 3 is 2.77 bits per heavy atom. The molecule has 0 aliphatic carbocycles. The predicted octanol–water partition coefficient (Wildman–Crippen LogP) is 4.39. The van der Waals surface area contributed by atoms with E-state index in [1.165, 1.54) is 12.1 Å². The molecular weight excluding hydrogens is 254 g/mol. The molecule has 0 N–H and O–H groups in total. The van der Waals surface area contributed by atoms with Gasteiger partial charge in [0.1, 0.15) is 5.82 Å². The van der Waals surface area contributed by atoms with Gasteiger partial charge in [0.25, 0.3) is 0 Å². The van der Waals surface area contributed by atoms with Crippen LogP contribution in [0.3, 0.4) is 0 Å². The van der Waals surface area contributed by atoms with Crippen molar-refractivity contribution < 1.29 is 4.39 Å². The molecule has 13 heavy (non-hydrogen) atoms. The second kappa shape index (κ2) is 3.28. The molecule has 2 rings (SSSR count). The van der Waals surface area contributed by atoms with E-state index in [0.717, 1.165) is 10.8 Å². The molecule has 0 aromatic heterocycles. The standard InChI is InChI=1S/C10H5BrClF/c11-8-5-7(13)4-6-2-1-3-9(12)10(6)8/h1-5H. The lowest BCUT2D eigenvalue weighted by Crippen LogP contribution is -1.79. The van der Waals surface area contributed by atoms with Crippen LogP contribution in [0.25, 0.3) is 10.8 Å². The predicted molar refractivity (Wildman–Crippen MR) is 56.6 cm³/mol. The first kappa shape index (κ1) is 8.97. The lowest BCUT2D eigenvalue weighted by molar-refractivity contribution is 0.629. The molecule has 0 atom stereocenters. The molecule has 0 aliphatic heterocycles. The second-order valence-corrected chi connectivity index (χ2v) is 3.99. The summed E-state index contributed by atoms with van der Waals surface area (Å²) in [6.07, 6.45) is 0. The van der Waals surface area contributed by atoms with Crippen LogP contribution in [0.1, 0.15) is 0 Å². The van der Waals surface area contributed by atoms with Crippen molar-refractivity contribution in [2.75, 3.05) is 0 Å². The second-order valence-electron chi connectivity index (χ2n) is 2.73. The SMILES string of the molecule is Fc1cc(Br)c2c(Cl)cccc2c1. The molecule has 0 spiro atoms. The van der Waals surface area contributed by atoms with E-state index in [1.807, 2.05) is 6.07 Å². The average Bonchev–Trinajstić information content (AvgIpc) is 2.02. The summed E-state index contributed by atoms with van der Waals surface area (Å²) < 4.78 is 13.6. The van der Waals surface area contributed by atoms with Gasteiger partial charge < -0.3 is 0 Å². The number of hydrogen-bond donors (Lipinski definition) is 0. The molecule has 0 aliphatic rings. The van der Waals surface area contributed by atoms with Crippen molar-refractivity contribution >= 4 is 38.3 Å². The molecule has 0 nitrogen and oxygen atoms in total. The summed E-state index contributed by atoms with van der Waals surface area (Å²) in [5.74, 6) is -0.262. The minimum Gasteiger partial charge on any atom is -0.207 e. The maximum Gasteiger partial charge on any atom is 0.124 e. The molecule has 0 unspecified atom stereocenters. The van der Waals surface area contributed by atoms with Gasteiger partial charge in [0, 0.05) is 14.9 Å². The van der Waals surface area contributed by atoms with Crippen LogP contribution in [-0.4, -0.2) is 0 Å². The van der Waals surface area contributed by atoms with E-state index in [1.54, 1.807) is 12.1 Å². The Kier molecular flexibility index (Phi) is 2.26. The first-order valence-corrected chi connectivity index (χ1v) is 4.89. The Bertz CT molecular complexity index is 468. The summed E-state index contributed by atoms with van der Waals surface area (Å²) in [6.45, 7) is 0. The number of halogens is 3. The van der Waals surface area contributed by atoms with Crippen LogP contribution >= 0.6 is 27.5 Å². The lowest BCUT2D eigenvalue weighted by atomic mass is 10.1. The van der Waals surface area contributed by atoms with Crippen LogP contribution in [0.15, 0.2) is 34.8 Å². The summed E-state index contributed by atoms with van der Waals surface area (Å²) >= 11 is 9.24. The van der Waals surface area contributed by atoms with Gasteiger partial charge in [-0.25, -0.2) is 4.39 Å². The quantitative estimate of drug-likeness (QED) is 0.658. The summed E-state index contributed by atoms with van der Waals surface area (Å²) in [5, 5.41) is 2.29. The van der Waals surface area contributed by atoms with E-state index in [0.29, 0.717) is 9.50 Å². The van der Waals surface area contributed by atoms with Crippen LogP contribution in [0.5, 0.6) is 0 Å². The van der Waals surface area contributed by atoms with Crippen molar-refractivity contribution in [1.29, 1.82) is 0 Å². The Morgan fingerprint density at radius 1 is 1.23 bits per heavy atom. The molecule has 0 heterocycles. The Morgan fingerprint density at radius 2 is 2.00 bits per heavy atom. The van der Waals surface area contributed by atoms with Crippen molar-refractivity contribution in [3.05, 3.63) is 45.6 Å². The summed E-state index contributed by atoms with van der Waals surface area (Å²) in [6, 6.07) is 8.29. The first-order valence-electron chi connectivity index (χ1n) is 3.72. The van der Waals surface area contributed by atoms with Gasteiger partial charge in [-0.2, -0.15) is 0 Å². The smallest absolute Gasteiger partial charge is 0.124 e. The highest BCUT2D eigenvalue weighted by atomic mass is 79.9. The van der Waals surface area contributed by atoms with Crippen LogP contribution in [0.4, 0.5) is 4.39 Å². The molecule has 0 radical (unpaired) electrons. The van der Waals surface area contributed by atoms with Crippen molar-refractivity contribution in [2.24, 2.45) is 0 Å². The molecule has 0 saturated carbocycles. The zero-order valence-corrected chi connectivity index (χ0v) is 8.86. The third kappa shape index (κ3) is 1.56. The van der Waals surface area contributed by atoms with Crippen molar-refractivity contribution in [3.8, 4) is 0 Å². The summed E-state index contributed by atoms with van der Waals surface area (Å²) in [5.41, 5.74) is 0. The van der Waals surface area contributed by atoms with Gasteiger partial charge in [-0.3, -0.25) is 0 Å². The monoisotopic (exact) mass is 258 g/mol. The first-order chi connectivity index (χ1) is 6.18. The largest absolute Gasteiger partial charge is 0.207 e. The van der Waals surface area contributed by atoms with E-state index >= 15 is 0 Å². The van der Waals surface area contributed by atoms with E-state index in [2.05, 4.69) is 15.9 Å². The van der Waals surface area contributed by atoms with E-state index in [-0.39, 0.29) is 5.82 Å². The highest BCUT2D eigenvalue weighted by molar-refractivity contribution is 9.10. The zero-order valence-electron chi connectivity index (χ0n) is 6.52. The van der Waals surface area contributed by atoms with Gasteiger partial charge in [-0.15, -0.1) is 0 Å². The fourth-order valence-corrected chi connectivity index (χ4v) is 2.36. The molecule has 66 valence electrons. The van der Waals surface area contributed by atoms with E-state index < -0.39 is 0 Å². The highest BCUT2D eigenvalue weighted by Gasteiger charge is 2.04. The van der Waals surface area contributed by atoms with Gasteiger partial charge in [-0.1, -0.05) is 23.7 Å². The number of fused-ring (bicyclic) bond motifs is 1. The van der Waals surface area contributed by atoms with Gasteiger partial charge in [-0.05, 0) is 39.5 Å². The van der Waals surface area contributed by atoms with Crippen LogP contribution in [0.2, 0.25) is 5.02 Å². The topological polar surface area (TPSA) is 0 Å². The Balaban J connectivity index is 2.94. The normalized spacial score (nSPS) is 10.7. The summed E-state index contributed by atoms with van der Waals surface area (Å²) in [7, 11) is 0. The van der Waals surface area contributed by atoms with Gasteiger partial charge in [0.05, 0.1) is 0 Å². The third-order valence-corrected chi connectivity index (χ3v) is 2.78. The molecular formula is C10H5BrClF. The van der Waals surface area contributed by atoms with Crippen LogP contribution in [0, 0.1) is 5.82 Å². The molecule has 0 bridgehead atoms. The maximum atomic E-state index is 13.0. The van der Waals surface area contributed by atoms with Gasteiger partial charge in [0.2, 0.25) is 0 Å². The molecule has 0 saturated heterocycles. The lowest BCUT2D eigenvalue weighted by Gasteiger charge is -2.02. The molecule has 0 amide bonds. The Hall–Kier alpha value is -0.600. The maximum absolute atomic E-state index is 13.0. The van der Waals surface area contributed by atoms with Crippen molar-refractivity contribution in [3.63, 3.8) is 0 Å². The third-order valence-electron chi connectivity index (χ3n) is 1.84. The van der Waals surface area contributed by atoms with Crippen molar-refractivity contribution in [1.82, 2.24) is 0 Å². The highest BCUT2D eigenvalue weighted by Crippen LogP contribution is 2.31.